The van der Waals surface area contributed by atoms with Crippen molar-refractivity contribution in [1.29, 1.82) is 0 Å². The van der Waals surface area contributed by atoms with E-state index < -0.39 is 0 Å². The predicted octanol–water partition coefficient (Wildman–Crippen LogP) is 3.41. The van der Waals surface area contributed by atoms with E-state index in [1.165, 1.54) is 5.56 Å². The summed E-state index contributed by atoms with van der Waals surface area (Å²) in [5, 5.41) is 7.41. The van der Waals surface area contributed by atoms with E-state index in [1.54, 1.807) is 11.3 Å². The van der Waals surface area contributed by atoms with E-state index in [0.29, 0.717) is 19.4 Å². The highest BCUT2D eigenvalue weighted by molar-refractivity contribution is 7.10. The molecular weight excluding hydrogens is 332 g/mol. The van der Waals surface area contributed by atoms with Crippen LogP contribution in [0.25, 0.3) is 11.3 Å². The van der Waals surface area contributed by atoms with E-state index in [0.717, 1.165) is 27.5 Å². The molecule has 130 valence electrons. The Morgan fingerprint density at radius 3 is 2.68 bits per heavy atom. The highest BCUT2D eigenvalue weighted by Gasteiger charge is 2.13. The van der Waals surface area contributed by atoms with Gasteiger partial charge >= 0.3 is 0 Å². The van der Waals surface area contributed by atoms with Crippen LogP contribution in [0.1, 0.15) is 28.2 Å². The van der Waals surface area contributed by atoms with E-state index >= 15 is 0 Å². The van der Waals surface area contributed by atoms with Crippen LogP contribution in [-0.2, 0) is 24.8 Å². The van der Waals surface area contributed by atoms with Crippen molar-refractivity contribution in [2.45, 2.75) is 33.2 Å². The molecule has 0 bridgehead atoms. The van der Waals surface area contributed by atoms with Crippen molar-refractivity contribution in [3.05, 3.63) is 57.7 Å². The van der Waals surface area contributed by atoms with E-state index in [-0.39, 0.29) is 5.91 Å². The largest absolute Gasteiger partial charge is 0.351 e. The first-order chi connectivity index (χ1) is 12.1. The first kappa shape index (κ1) is 17.4. The van der Waals surface area contributed by atoms with Crippen LogP contribution in [0.4, 0.5) is 0 Å². The lowest BCUT2D eigenvalue weighted by atomic mass is 10.1. The summed E-state index contributed by atoms with van der Waals surface area (Å²) in [6.45, 7) is 4.54. The van der Waals surface area contributed by atoms with Crippen LogP contribution < -0.4 is 5.32 Å². The summed E-state index contributed by atoms with van der Waals surface area (Å²) in [5.74, 6) is 0.0510. The summed E-state index contributed by atoms with van der Waals surface area (Å²) in [6.07, 6.45) is 1.18. The van der Waals surface area contributed by atoms with Crippen LogP contribution in [0.5, 0.6) is 0 Å². The van der Waals surface area contributed by atoms with Crippen molar-refractivity contribution in [1.82, 2.24) is 20.1 Å². The molecular formula is C19H22N4OS. The number of nitrogens with one attached hydrogen (secondary N) is 1. The third kappa shape index (κ3) is 3.96. The fourth-order valence-corrected chi connectivity index (χ4v) is 3.64. The highest BCUT2D eigenvalue weighted by Crippen LogP contribution is 2.25. The third-order valence-electron chi connectivity index (χ3n) is 4.40. The summed E-state index contributed by atoms with van der Waals surface area (Å²) in [7, 11) is 1.93. The molecule has 0 aliphatic carbocycles. The first-order valence-electron chi connectivity index (χ1n) is 8.30. The smallest absolute Gasteiger partial charge is 0.220 e. The van der Waals surface area contributed by atoms with Gasteiger partial charge in [-0.05, 0) is 25.8 Å². The molecule has 0 aliphatic rings. The minimum absolute atomic E-state index is 0.0510. The van der Waals surface area contributed by atoms with E-state index in [1.807, 2.05) is 61.4 Å². The number of benzene rings is 1. The summed E-state index contributed by atoms with van der Waals surface area (Å²) < 4.78 is 1.87. The molecule has 1 N–H and O–H groups in total. The Balaban J connectivity index is 1.58. The molecule has 0 saturated heterocycles. The molecule has 0 aliphatic heterocycles. The summed E-state index contributed by atoms with van der Waals surface area (Å²) >= 11 is 1.57. The Morgan fingerprint density at radius 1 is 1.24 bits per heavy atom. The standard InChI is InChI=1S/C19H22N4OS/c1-13-16(14(2)23(3)22-13)9-10-18(24)20-11-17-19(21-12-25-17)15-7-5-4-6-8-15/h4-8,12H,9-11H2,1-3H3,(H,20,24). The minimum Gasteiger partial charge on any atom is -0.351 e. The highest BCUT2D eigenvalue weighted by atomic mass is 32.1. The van der Waals surface area contributed by atoms with Gasteiger partial charge in [-0.2, -0.15) is 5.10 Å². The molecule has 6 heteroatoms. The molecule has 2 heterocycles. The molecule has 25 heavy (non-hydrogen) atoms. The number of rotatable bonds is 6. The maximum atomic E-state index is 12.2. The van der Waals surface area contributed by atoms with Gasteiger partial charge in [0.2, 0.25) is 5.91 Å². The van der Waals surface area contributed by atoms with Crippen molar-refractivity contribution in [3.8, 4) is 11.3 Å². The monoisotopic (exact) mass is 354 g/mol. The quantitative estimate of drug-likeness (QED) is 0.738. The molecule has 2 aromatic heterocycles. The second-order valence-electron chi connectivity index (χ2n) is 6.04. The number of carbonyl (C=O) groups excluding carboxylic acids is 1. The molecule has 3 aromatic rings. The summed E-state index contributed by atoms with van der Waals surface area (Å²) in [5.41, 5.74) is 7.15. The van der Waals surface area contributed by atoms with Crippen molar-refractivity contribution in [3.63, 3.8) is 0 Å². The average molecular weight is 354 g/mol. The van der Waals surface area contributed by atoms with Crippen molar-refractivity contribution in [2.24, 2.45) is 7.05 Å². The molecule has 3 rings (SSSR count). The molecule has 1 aromatic carbocycles. The van der Waals surface area contributed by atoms with E-state index in [9.17, 15) is 4.79 Å². The SMILES string of the molecule is Cc1nn(C)c(C)c1CCC(=O)NCc1scnc1-c1ccccc1. The number of aryl methyl sites for hydroxylation is 2. The van der Waals surface area contributed by atoms with Gasteiger partial charge in [-0.3, -0.25) is 9.48 Å². The zero-order chi connectivity index (χ0) is 17.8. The fourth-order valence-electron chi connectivity index (χ4n) is 2.91. The van der Waals surface area contributed by atoms with Gasteiger partial charge in [0.05, 0.1) is 28.3 Å². The Bertz CT molecular complexity index is 867. The van der Waals surface area contributed by atoms with Gasteiger partial charge in [-0.1, -0.05) is 30.3 Å². The van der Waals surface area contributed by atoms with Gasteiger partial charge in [0.15, 0.2) is 0 Å². The molecule has 0 atom stereocenters. The normalized spacial score (nSPS) is 10.8. The number of hydrogen-bond acceptors (Lipinski definition) is 4. The lowest BCUT2D eigenvalue weighted by Gasteiger charge is -2.06. The maximum Gasteiger partial charge on any atom is 0.220 e. The second kappa shape index (κ2) is 7.61. The Hall–Kier alpha value is -2.47. The number of thiazole rings is 1. The van der Waals surface area contributed by atoms with Gasteiger partial charge in [0.1, 0.15) is 0 Å². The Kier molecular flexibility index (Phi) is 5.28. The van der Waals surface area contributed by atoms with Crippen LogP contribution in [-0.4, -0.2) is 20.7 Å². The number of aromatic nitrogens is 3. The Morgan fingerprint density at radius 2 is 2.00 bits per heavy atom. The molecule has 0 saturated carbocycles. The lowest BCUT2D eigenvalue weighted by molar-refractivity contribution is -0.121. The molecule has 0 spiro atoms. The second-order valence-corrected chi connectivity index (χ2v) is 6.98. The topological polar surface area (TPSA) is 59.8 Å². The van der Waals surface area contributed by atoms with E-state index in [2.05, 4.69) is 15.4 Å². The van der Waals surface area contributed by atoms with Gasteiger partial charge in [-0.25, -0.2) is 4.98 Å². The molecule has 0 radical (unpaired) electrons. The fraction of sp³-hybridized carbons (Fsp3) is 0.316. The van der Waals surface area contributed by atoms with Crippen LogP contribution in [0.15, 0.2) is 35.8 Å². The average Bonchev–Trinajstić information content (AvgIpc) is 3.17. The minimum atomic E-state index is 0.0510. The lowest BCUT2D eigenvalue weighted by Crippen LogP contribution is -2.23. The van der Waals surface area contributed by atoms with E-state index in [4.69, 9.17) is 0 Å². The van der Waals surface area contributed by atoms with Gasteiger partial charge in [-0.15, -0.1) is 11.3 Å². The maximum absolute atomic E-state index is 12.2. The molecule has 0 fully saturated rings. The van der Waals surface area contributed by atoms with Crippen molar-refractivity contribution >= 4 is 17.2 Å². The number of amides is 1. The molecule has 5 nitrogen and oxygen atoms in total. The Labute approximate surface area is 151 Å². The van der Waals surface area contributed by atoms with Crippen LogP contribution in [0.3, 0.4) is 0 Å². The van der Waals surface area contributed by atoms with Crippen molar-refractivity contribution in [2.75, 3.05) is 0 Å². The summed E-state index contributed by atoms with van der Waals surface area (Å²) in [6, 6.07) is 10.0. The molecule has 1 amide bonds. The number of carbonyl (C=O) groups is 1. The first-order valence-corrected chi connectivity index (χ1v) is 9.17. The van der Waals surface area contributed by atoms with Crippen LogP contribution >= 0.6 is 11.3 Å². The number of nitrogens with zero attached hydrogens (tertiary/aromatic N) is 3. The van der Waals surface area contributed by atoms with Gasteiger partial charge in [0, 0.05) is 24.7 Å². The predicted molar refractivity (Wildman–Crippen MR) is 100 cm³/mol. The zero-order valence-electron chi connectivity index (χ0n) is 14.7. The van der Waals surface area contributed by atoms with Gasteiger partial charge < -0.3 is 5.32 Å². The van der Waals surface area contributed by atoms with Crippen LogP contribution in [0, 0.1) is 13.8 Å². The molecule has 0 unspecified atom stereocenters. The summed E-state index contributed by atoms with van der Waals surface area (Å²) in [4.78, 5) is 17.8. The van der Waals surface area contributed by atoms with Gasteiger partial charge in [0.25, 0.3) is 0 Å². The van der Waals surface area contributed by atoms with Crippen molar-refractivity contribution < 1.29 is 4.79 Å². The third-order valence-corrected chi connectivity index (χ3v) is 5.23. The number of hydrogen-bond donors (Lipinski definition) is 1. The van der Waals surface area contributed by atoms with Crippen LogP contribution in [0.2, 0.25) is 0 Å². The zero-order valence-corrected chi connectivity index (χ0v) is 15.6.